The van der Waals surface area contributed by atoms with Crippen LogP contribution in [0.4, 0.5) is 0 Å². The maximum absolute atomic E-state index is 12.7. The van der Waals surface area contributed by atoms with Crippen LogP contribution >= 0.6 is 0 Å². The molecule has 2 aliphatic heterocycles. The second-order valence-corrected chi connectivity index (χ2v) is 5.38. The number of carbonyl (C=O) groups excluding carboxylic acids is 1. The van der Waals surface area contributed by atoms with E-state index in [-0.39, 0.29) is 24.2 Å². The Labute approximate surface area is 124 Å². The minimum atomic E-state index is -0.0824. The zero-order valence-electron chi connectivity index (χ0n) is 12.0. The van der Waals surface area contributed by atoms with Crippen molar-refractivity contribution in [3.05, 3.63) is 42.7 Å². The molecule has 0 spiro atoms. The third kappa shape index (κ3) is 2.84. The summed E-state index contributed by atoms with van der Waals surface area (Å²) in [5.74, 6) is -0.0409. The van der Waals surface area contributed by atoms with Crippen molar-refractivity contribution in [3.8, 4) is 0 Å². The number of hydrogen-bond acceptors (Lipinski definition) is 4. The fraction of sp³-hybridized carbons (Fsp3) is 0.500. The van der Waals surface area contributed by atoms with Gasteiger partial charge in [-0.05, 0) is 25.0 Å². The Morgan fingerprint density at radius 1 is 1.57 bits per heavy atom. The quantitative estimate of drug-likeness (QED) is 0.791. The van der Waals surface area contributed by atoms with Gasteiger partial charge in [0.25, 0.3) is 5.91 Å². The van der Waals surface area contributed by atoms with Gasteiger partial charge in [0.2, 0.25) is 0 Å². The largest absolute Gasteiger partial charge is 0.373 e. The third-order valence-corrected chi connectivity index (χ3v) is 4.05. The number of hydrogen-bond donors (Lipinski definition) is 0. The van der Waals surface area contributed by atoms with E-state index in [0.717, 1.165) is 19.4 Å². The Morgan fingerprint density at radius 2 is 2.48 bits per heavy atom. The average Bonchev–Trinajstić information content (AvgIpc) is 2.92. The highest BCUT2D eigenvalue weighted by Gasteiger charge is 2.46. The molecule has 21 heavy (non-hydrogen) atoms. The molecule has 2 saturated heterocycles. The van der Waals surface area contributed by atoms with Gasteiger partial charge in [0.15, 0.2) is 0 Å². The van der Waals surface area contributed by atoms with Gasteiger partial charge in [0.1, 0.15) is 17.9 Å². The number of pyridine rings is 1. The molecule has 0 saturated carbocycles. The van der Waals surface area contributed by atoms with Crippen molar-refractivity contribution >= 4 is 5.91 Å². The summed E-state index contributed by atoms with van der Waals surface area (Å²) in [7, 11) is 0. The van der Waals surface area contributed by atoms with Crippen LogP contribution in [0.3, 0.4) is 0 Å². The summed E-state index contributed by atoms with van der Waals surface area (Å²) in [6.07, 6.45) is 5.18. The van der Waals surface area contributed by atoms with Gasteiger partial charge in [-0.25, -0.2) is 0 Å². The van der Waals surface area contributed by atoms with Crippen LogP contribution in [-0.2, 0) is 9.47 Å². The van der Waals surface area contributed by atoms with Crippen LogP contribution in [0.2, 0.25) is 0 Å². The van der Waals surface area contributed by atoms with E-state index < -0.39 is 0 Å². The summed E-state index contributed by atoms with van der Waals surface area (Å²) in [4.78, 5) is 18.7. The van der Waals surface area contributed by atoms with Gasteiger partial charge in [0.05, 0.1) is 19.2 Å². The predicted octanol–water partition coefficient (Wildman–Crippen LogP) is 1.66. The summed E-state index contributed by atoms with van der Waals surface area (Å²) in [5, 5.41) is 0. The zero-order chi connectivity index (χ0) is 14.7. The summed E-state index contributed by atoms with van der Waals surface area (Å²) < 4.78 is 11.6. The maximum atomic E-state index is 12.7. The second-order valence-electron chi connectivity index (χ2n) is 5.38. The first kappa shape index (κ1) is 14.2. The first-order chi connectivity index (χ1) is 10.3. The Kier molecular flexibility index (Phi) is 4.31. The fourth-order valence-corrected chi connectivity index (χ4v) is 3.12. The van der Waals surface area contributed by atoms with Crippen molar-refractivity contribution in [1.82, 2.24) is 9.88 Å². The van der Waals surface area contributed by atoms with Crippen LogP contribution in [-0.4, -0.2) is 53.8 Å². The molecule has 1 amide bonds. The van der Waals surface area contributed by atoms with Crippen molar-refractivity contribution < 1.29 is 14.3 Å². The van der Waals surface area contributed by atoms with E-state index in [1.54, 1.807) is 18.3 Å². The molecule has 1 aromatic heterocycles. The topological polar surface area (TPSA) is 51.7 Å². The number of likely N-dealkylation sites (tertiary alicyclic amines) is 1. The Hall–Kier alpha value is -1.72. The van der Waals surface area contributed by atoms with Crippen LogP contribution in [0.25, 0.3) is 0 Å². The lowest BCUT2D eigenvalue weighted by molar-refractivity contribution is -0.0708. The smallest absolute Gasteiger partial charge is 0.272 e. The number of fused-ring (bicyclic) bond motifs is 1. The molecule has 5 heteroatoms. The number of carbonyl (C=O) groups is 1. The second kappa shape index (κ2) is 6.37. The summed E-state index contributed by atoms with van der Waals surface area (Å²) in [6.45, 7) is 5.44. The van der Waals surface area contributed by atoms with E-state index in [1.165, 1.54) is 0 Å². The van der Waals surface area contributed by atoms with E-state index in [0.29, 0.717) is 18.8 Å². The Morgan fingerprint density at radius 3 is 3.24 bits per heavy atom. The first-order valence-electron chi connectivity index (χ1n) is 7.37. The molecule has 2 fully saturated rings. The standard InChI is InChI=1S/C16H20N2O3/c1-2-9-20-14-11-18(13-7-5-10-21-15(13)14)16(19)12-6-3-4-8-17-12/h2-4,6,8,13-15H,1,5,7,9-11H2/t13-,14-,15+/m1/s1. The van der Waals surface area contributed by atoms with Crippen molar-refractivity contribution in [2.24, 2.45) is 0 Å². The van der Waals surface area contributed by atoms with E-state index in [2.05, 4.69) is 11.6 Å². The zero-order valence-corrected chi connectivity index (χ0v) is 12.0. The van der Waals surface area contributed by atoms with E-state index in [1.807, 2.05) is 17.0 Å². The normalized spacial score (nSPS) is 28.2. The monoisotopic (exact) mass is 288 g/mol. The first-order valence-corrected chi connectivity index (χ1v) is 7.37. The number of aromatic nitrogens is 1. The van der Waals surface area contributed by atoms with Crippen LogP contribution < -0.4 is 0 Å². The number of amides is 1. The molecular weight excluding hydrogens is 268 g/mol. The van der Waals surface area contributed by atoms with Gasteiger partial charge >= 0.3 is 0 Å². The molecule has 0 aliphatic carbocycles. The molecule has 0 radical (unpaired) electrons. The van der Waals surface area contributed by atoms with Gasteiger partial charge in [-0.2, -0.15) is 0 Å². The highest BCUT2D eigenvalue weighted by Crippen LogP contribution is 2.31. The van der Waals surface area contributed by atoms with Gasteiger partial charge in [0, 0.05) is 12.8 Å². The van der Waals surface area contributed by atoms with Crippen LogP contribution in [0.1, 0.15) is 23.3 Å². The van der Waals surface area contributed by atoms with Crippen LogP contribution in [0.5, 0.6) is 0 Å². The summed E-state index contributed by atoms with van der Waals surface area (Å²) in [5.41, 5.74) is 0.478. The Bertz CT molecular complexity index is 506. The maximum Gasteiger partial charge on any atom is 0.272 e. The van der Waals surface area contributed by atoms with Gasteiger partial charge in [-0.3, -0.25) is 9.78 Å². The van der Waals surface area contributed by atoms with Crippen molar-refractivity contribution in [2.45, 2.75) is 31.1 Å². The molecule has 1 aromatic rings. The molecule has 112 valence electrons. The summed E-state index contributed by atoms with van der Waals surface area (Å²) in [6, 6.07) is 5.47. The van der Waals surface area contributed by atoms with Crippen LogP contribution in [0, 0.1) is 0 Å². The molecule has 3 rings (SSSR count). The fourth-order valence-electron chi connectivity index (χ4n) is 3.12. The Balaban J connectivity index is 1.78. The number of rotatable bonds is 4. The molecule has 5 nitrogen and oxygen atoms in total. The van der Waals surface area contributed by atoms with Crippen molar-refractivity contribution in [1.29, 1.82) is 0 Å². The molecule has 0 aromatic carbocycles. The van der Waals surface area contributed by atoms with E-state index >= 15 is 0 Å². The SMILES string of the molecule is C=CCO[C@@H]1CN(C(=O)c2ccccn2)[C@@H]2CCCO[C@@H]21. The van der Waals surface area contributed by atoms with Crippen molar-refractivity contribution in [3.63, 3.8) is 0 Å². The summed E-state index contributed by atoms with van der Waals surface area (Å²) >= 11 is 0. The molecule has 3 atom stereocenters. The molecule has 0 N–H and O–H groups in total. The molecule has 3 heterocycles. The van der Waals surface area contributed by atoms with Crippen LogP contribution in [0.15, 0.2) is 37.1 Å². The van der Waals surface area contributed by atoms with Gasteiger partial charge in [-0.1, -0.05) is 12.1 Å². The minimum Gasteiger partial charge on any atom is -0.373 e. The molecular formula is C16H20N2O3. The molecule has 0 bridgehead atoms. The minimum absolute atomic E-state index is 0.0358. The number of ether oxygens (including phenoxy) is 2. The lowest BCUT2D eigenvalue weighted by atomic mass is 10.0. The lowest BCUT2D eigenvalue weighted by Crippen LogP contribution is -2.44. The average molecular weight is 288 g/mol. The third-order valence-electron chi connectivity index (χ3n) is 4.05. The predicted molar refractivity (Wildman–Crippen MR) is 78.0 cm³/mol. The van der Waals surface area contributed by atoms with Crippen molar-refractivity contribution in [2.75, 3.05) is 19.8 Å². The number of nitrogens with zero attached hydrogens (tertiary/aromatic N) is 2. The van der Waals surface area contributed by atoms with E-state index in [4.69, 9.17) is 9.47 Å². The molecule has 2 aliphatic rings. The highest BCUT2D eigenvalue weighted by atomic mass is 16.5. The van der Waals surface area contributed by atoms with E-state index in [9.17, 15) is 4.79 Å². The van der Waals surface area contributed by atoms with Gasteiger partial charge < -0.3 is 14.4 Å². The lowest BCUT2D eigenvalue weighted by Gasteiger charge is -2.31. The molecule has 0 unspecified atom stereocenters. The highest BCUT2D eigenvalue weighted by molar-refractivity contribution is 5.92. The van der Waals surface area contributed by atoms with Gasteiger partial charge in [-0.15, -0.1) is 6.58 Å².